The lowest BCUT2D eigenvalue weighted by atomic mass is 9.72. The Morgan fingerprint density at radius 1 is 1.00 bits per heavy atom. The molecule has 2 aliphatic carbocycles. The predicted molar refractivity (Wildman–Crippen MR) is 91.0 cm³/mol. The molecule has 2 fully saturated rings. The van der Waals surface area contributed by atoms with E-state index in [1.165, 1.54) is 43.2 Å². The quantitative estimate of drug-likeness (QED) is 0.712. The minimum atomic E-state index is -1.15. The zero-order valence-corrected chi connectivity index (χ0v) is 14.1. The Morgan fingerprint density at radius 3 is 2.26 bits per heavy atom. The van der Waals surface area contributed by atoms with Crippen molar-refractivity contribution in [3.8, 4) is 0 Å². The minimum Gasteiger partial charge on any atom is -0.450 e. The Kier molecular flexibility index (Phi) is 4.93. The van der Waals surface area contributed by atoms with E-state index in [4.69, 9.17) is 9.84 Å². The van der Waals surface area contributed by atoms with Gasteiger partial charge in [0, 0.05) is 5.92 Å². The van der Waals surface area contributed by atoms with Gasteiger partial charge < -0.3 is 9.84 Å². The summed E-state index contributed by atoms with van der Waals surface area (Å²) in [7, 11) is 0. The lowest BCUT2D eigenvalue weighted by molar-refractivity contribution is -0.0433. The third kappa shape index (κ3) is 3.70. The smallest absolute Gasteiger partial charge is 0.450 e. The van der Waals surface area contributed by atoms with E-state index >= 15 is 0 Å². The van der Waals surface area contributed by atoms with Gasteiger partial charge in [-0.05, 0) is 56.1 Å². The molecule has 0 bridgehead atoms. The van der Waals surface area contributed by atoms with Gasteiger partial charge in [0.15, 0.2) is 0 Å². The average Bonchev–Trinajstić information content (AvgIpc) is 2.55. The van der Waals surface area contributed by atoms with Crippen molar-refractivity contribution in [2.45, 2.75) is 82.1 Å². The van der Waals surface area contributed by atoms with E-state index in [1.54, 1.807) is 0 Å². The molecule has 1 aromatic carbocycles. The molecule has 3 rings (SSSR count). The van der Waals surface area contributed by atoms with Crippen LogP contribution in [-0.2, 0) is 4.74 Å². The van der Waals surface area contributed by atoms with Crippen molar-refractivity contribution in [2.75, 3.05) is 0 Å². The van der Waals surface area contributed by atoms with Crippen LogP contribution in [0.25, 0.3) is 0 Å². The number of rotatable bonds is 3. The Hall–Kier alpha value is -1.51. The number of carboxylic acid groups (broad SMARTS) is 1. The third-order valence-corrected chi connectivity index (χ3v) is 5.89. The molecule has 2 unspecified atom stereocenters. The van der Waals surface area contributed by atoms with E-state index in [0.29, 0.717) is 5.92 Å². The SMILES string of the molecule is CC1(OC(=O)O)CCCCC1c1ccc(C2CCCCC2)cc1. The maximum absolute atomic E-state index is 11.1. The first kappa shape index (κ1) is 16.4. The molecule has 2 aliphatic rings. The van der Waals surface area contributed by atoms with Gasteiger partial charge >= 0.3 is 6.16 Å². The van der Waals surface area contributed by atoms with Gasteiger partial charge in [-0.1, -0.05) is 49.9 Å². The van der Waals surface area contributed by atoms with Gasteiger partial charge in [-0.2, -0.15) is 0 Å². The Labute approximate surface area is 139 Å². The summed E-state index contributed by atoms with van der Waals surface area (Å²) in [5.74, 6) is 0.888. The fourth-order valence-corrected chi connectivity index (χ4v) is 4.58. The lowest BCUT2D eigenvalue weighted by Gasteiger charge is -2.40. The zero-order valence-electron chi connectivity index (χ0n) is 14.1. The van der Waals surface area contributed by atoms with Crippen LogP contribution in [0.15, 0.2) is 24.3 Å². The minimum absolute atomic E-state index is 0.174. The fraction of sp³-hybridized carbons (Fsp3) is 0.650. The van der Waals surface area contributed by atoms with Crippen LogP contribution in [0.1, 0.15) is 87.7 Å². The van der Waals surface area contributed by atoms with Crippen molar-refractivity contribution < 1.29 is 14.6 Å². The highest BCUT2D eigenvalue weighted by atomic mass is 16.7. The molecule has 126 valence electrons. The second-order valence-electron chi connectivity index (χ2n) is 7.48. The average molecular weight is 316 g/mol. The van der Waals surface area contributed by atoms with Crippen LogP contribution < -0.4 is 0 Å². The first-order valence-corrected chi connectivity index (χ1v) is 9.10. The molecule has 0 aromatic heterocycles. The topological polar surface area (TPSA) is 46.5 Å². The van der Waals surface area contributed by atoms with E-state index in [2.05, 4.69) is 24.3 Å². The monoisotopic (exact) mass is 316 g/mol. The standard InChI is InChI=1S/C20H28O3/c1-20(23-19(21)22)14-6-5-9-18(20)17-12-10-16(11-13-17)15-7-3-2-4-8-15/h10-13,15,18H,2-9,14H2,1H3,(H,21,22). The molecule has 2 atom stereocenters. The van der Waals surface area contributed by atoms with E-state index in [1.807, 2.05) is 6.92 Å². The largest absolute Gasteiger partial charge is 0.506 e. The number of ether oxygens (including phenoxy) is 1. The van der Waals surface area contributed by atoms with Gasteiger partial charge in [0.2, 0.25) is 0 Å². The maximum atomic E-state index is 11.1. The summed E-state index contributed by atoms with van der Waals surface area (Å²) in [6.07, 6.45) is 9.54. The summed E-state index contributed by atoms with van der Waals surface area (Å²) >= 11 is 0. The van der Waals surface area contributed by atoms with Crippen LogP contribution in [0.2, 0.25) is 0 Å². The van der Waals surface area contributed by atoms with Crippen LogP contribution in [0.5, 0.6) is 0 Å². The van der Waals surface area contributed by atoms with Crippen molar-refractivity contribution in [3.63, 3.8) is 0 Å². The van der Waals surface area contributed by atoms with E-state index < -0.39 is 11.8 Å². The van der Waals surface area contributed by atoms with Crippen LogP contribution in [0.3, 0.4) is 0 Å². The van der Waals surface area contributed by atoms with Gasteiger partial charge in [0.25, 0.3) is 0 Å². The van der Waals surface area contributed by atoms with Crippen LogP contribution >= 0.6 is 0 Å². The molecule has 3 heteroatoms. The third-order valence-electron chi connectivity index (χ3n) is 5.89. The van der Waals surface area contributed by atoms with Gasteiger partial charge in [-0.15, -0.1) is 0 Å². The summed E-state index contributed by atoms with van der Waals surface area (Å²) in [6, 6.07) is 8.95. The highest BCUT2D eigenvalue weighted by Crippen LogP contribution is 2.44. The normalized spacial score (nSPS) is 29.2. The van der Waals surface area contributed by atoms with E-state index in [-0.39, 0.29) is 5.92 Å². The van der Waals surface area contributed by atoms with E-state index in [0.717, 1.165) is 25.7 Å². The van der Waals surface area contributed by atoms with Crippen LogP contribution in [0.4, 0.5) is 4.79 Å². The predicted octanol–water partition coefficient (Wildman–Crippen LogP) is 5.85. The van der Waals surface area contributed by atoms with Gasteiger partial charge in [-0.3, -0.25) is 0 Å². The van der Waals surface area contributed by atoms with Crippen molar-refractivity contribution >= 4 is 6.16 Å². The highest BCUT2D eigenvalue weighted by Gasteiger charge is 2.41. The number of carbonyl (C=O) groups is 1. The Balaban J connectivity index is 1.77. The molecule has 0 saturated heterocycles. The number of benzene rings is 1. The molecular weight excluding hydrogens is 288 g/mol. The molecule has 3 nitrogen and oxygen atoms in total. The molecule has 0 radical (unpaired) electrons. The summed E-state index contributed by atoms with van der Waals surface area (Å²) in [5.41, 5.74) is 2.09. The van der Waals surface area contributed by atoms with Gasteiger partial charge in [0.1, 0.15) is 5.60 Å². The molecule has 0 heterocycles. The van der Waals surface area contributed by atoms with Crippen molar-refractivity contribution in [3.05, 3.63) is 35.4 Å². The second kappa shape index (κ2) is 6.94. The Bertz CT molecular complexity index is 530. The molecular formula is C20H28O3. The van der Waals surface area contributed by atoms with Gasteiger partial charge in [0.05, 0.1) is 0 Å². The first-order chi connectivity index (χ1) is 11.1. The van der Waals surface area contributed by atoms with Crippen molar-refractivity contribution in [1.82, 2.24) is 0 Å². The summed E-state index contributed by atoms with van der Waals surface area (Å²) in [5, 5.41) is 9.09. The van der Waals surface area contributed by atoms with Crippen LogP contribution in [-0.4, -0.2) is 16.9 Å². The maximum Gasteiger partial charge on any atom is 0.506 e. The molecule has 2 saturated carbocycles. The fourth-order valence-electron chi connectivity index (χ4n) is 4.58. The first-order valence-electron chi connectivity index (χ1n) is 9.10. The van der Waals surface area contributed by atoms with E-state index in [9.17, 15) is 4.79 Å². The summed E-state index contributed by atoms with van der Waals surface area (Å²) in [4.78, 5) is 11.1. The summed E-state index contributed by atoms with van der Waals surface area (Å²) < 4.78 is 5.31. The van der Waals surface area contributed by atoms with Crippen molar-refractivity contribution in [2.24, 2.45) is 0 Å². The number of hydrogen-bond acceptors (Lipinski definition) is 2. The molecule has 0 aliphatic heterocycles. The van der Waals surface area contributed by atoms with Crippen molar-refractivity contribution in [1.29, 1.82) is 0 Å². The lowest BCUT2D eigenvalue weighted by Crippen LogP contribution is -2.40. The van der Waals surface area contributed by atoms with Gasteiger partial charge in [-0.25, -0.2) is 4.79 Å². The number of hydrogen-bond donors (Lipinski definition) is 1. The van der Waals surface area contributed by atoms with Crippen LogP contribution in [0, 0.1) is 0 Å². The molecule has 23 heavy (non-hydrogen) atoms. The molecule has 1 N–H and O–H groups in total. The Morgan fingerprint density at radius 2 is 1.61 bits per heavy atom. The second-order valence-corrected chi connectivity index (χ2v) is 7.48. The summed E-state index contributed by atoms with van der Waals surface area (Å²) in [6.45, 7) is 1.96. The highest BCUT2D eigenvalue weighted by molar-refractivity contribution is 5.58. The zero-order chi connectivity index (χ0) is 16.3. The molecule has 1 aromatic rings. The molecule has 0 spiro atoms. The molecule has 0 amide bonds.